The molecule has 0 aliphatic rings. The molecular weight excluding hydrogens is 260 g/mol. The highest BCUT2D eigenvalue weighted by Gasteiger charge is 2.06. The average molecular weight is 274 g/mol. The van der Waals surface area contributed by atoms with Crippen LogP contribution in [-0.2, 0) is 11.2 Å². The van der Waals surface area contributed by atoms with Gasteiger partial charge in [-0.1, -0.05) is 12.1 Å². The van der Waals surface area contributed by atoms with Crippen LogP contribution in [0.5, 0.6) is 11.6 Å². The molecule has 104 valence electrons. The van der Waals surface area contributed by atoms with E-state index in [0.717, 1.165) is 12.0 Å². The Morgan fingerprint density at radius 2 is 1.90 bits per heavy atom. The quantitative estimate of drug-likeness (QED) is 0.869. The van der Waals surface area contributed by atoms with Crippen LogP contribution >= 0.6 is 0 Å². The number of aromatic nitrogens is 2. The molecular formula is C14H14N2O4. The molecule has 2 aromatic rings. The van der Waals surface area contributed by atoms with E-state index in [9.17, 15) is 4.79 Å². The van der Waals surface area contributed by atoms with Crippen LogP contribution in [0.25, 0.3) is 0 Å². The minimum absolute atomic E-state index is 0.118. The minimum Gasteiger partial charge on any atom is -0.476 e. The first-order chi connectivity index (χ1) is 9.69. The Hall–Kier alpha value is -2.47. The topological polar surface area (TPSA) is 81.5 Å². The summed E-state index contributed by atoms with van der Waals surface area (Å²) in [5.41, 5.74) is 1.03. The molecule has 6 nitrogen and oxygen atoms in total. The predicted molar refractivity (Wildman–Crippen MR) is 71.1 cm³/mol. The van der Waals surface area contributed by atoms with Crippen molar-refractivity contribution in [3.63, 3.8) is 0 Å². The van der Waals surface area contributed by atoms with E-state index in [1.54, 1.807) is 7.11 Å². The van der Waals surface area contributed by atoms with E-state index in [4.69, 9.17) is 14.6 Å². The van der Waals surface area contributed by atoms with E-state index in [0.29, 0.717) is 12.4 Å². The number of hydrogen-bond donors (Lipinski definition) is 1. The van der Waals surface area contributed by atoms with Gasteiger partial charge in [-0.25, -0.2) is 4.79 Å². The molecule has 0 saturated carbocycles. The van der Waals surface area contributed by atoms with Gasteiger partial charge in [0.1, 0.15) is 5.75 Å². The summed E-state index contributed by atoms with van der Waals surface area (Å²) >= 11 is 0. The van der Waals surface area contributed by atoms with E-state index < -0.39 is 5.97 Å². The zero-order valence-electron chi connectivity index (χ0n) is 10.9. The van der Waals surface area contributed by atoms with Gasteiger partial charge >= 0.3 is 5.97 Å². The molecule has 0 fully saturated rings. The Bertz CT molecular complexity index is 567. The summed E-state index contributed by atoms with van der Waals surface area (Å²) < 4.78 is 10.5. The maximum atomic E-state index is 10.6. The lowest BCUT2D eigenvalue weighted by molar-refractivity contribution is 0.0689. The summed E-state index contributed by atoms with van der Waals surface area (Å²) in [6.07, 6.45) is 0.837. The van der Waals surface area contributed by atoms with Gasteiger partial charge in [-0.3, -0.25) is 0 Å². The van der Waals surface area contributed by atoms with Crippen LogP contribution in [0.15, 0.2) is 36.4 Å². The lowest BCUT2D eigenvalue weighted by atomic mass is 10.1. The van der Waals surface area contributed by atoms with Crippen molar-refractivity contribution in [1.82, 2.24) is 10.2 Å². The first-order valence-electron chi connectivity index (χ1n) is 6.02. The number of carboxylic acids is 1. The van der Waals surface area contributed by atoms with Crippen LogP contribution in [-0.4, -0.2) is 35.0 Å². The molecule has 0 spiro atoms. The fourth-order valence-electron chi connectivity index (χ4n) is 1.55. The van der Waals surface area contributed by atoms with Crippen LogP contribution in [0.2, 0.25) is 0 Å². The Morgan fingerprint density at radius 1 is 1.15 bits per heavy atom. The zero-order valence-corrected chi connectivity index (χ0v) is 10.9. The maximum absolute atomic E-state index is 10.6. The Kier molecular flexibility index (Phi) is 4.62. The maximum Gasteiger partial charge on any atom is 0.356 e. The largest absolute Gasteiger partial charge is 0.476 e. The number of nitrogens with zero attached hydrogens (tertiary/aromatic N) is 2. The van der Waals surface area contributed by atoms with Crippen molar-refractivity contribution in [3.8, 4) is 11.6 Å². The fraction of sp³-hybridized carbons (Fsp3) is 0.214. The van der Waals surface area contributed by atoms with E-state index >= 15 is 0 Å². The van der Waals surface area contributed by atoms with Gasteiger partial charge < -0.3 is 14.6 Å². The lowest BCUT2D eigenvalue weighted by Crippen LogP contribution is -2.02. The molecule has 0 radical (unpaired) electrons. The van der Waals surface area contributed by atoms with Gasteiger partial charge in [0.05, 0.1) is 6.61 Å². The van der Waals surface area contributed by atoms with Crippen LogP contribution in [0.4, 0.5) is 0 Å². The number of ether oxygens (including phenoxy) is 2. The van der Waals surface area contributed by atoms with Gasteiger partial charge in [-0.15, -0.1) is 10.2 Å². The van der Waals surface area contributed by atoms with Crippen molar-refractivity contribution in [1.29, 1.82) is 0 Å². The van der Waals surface area contributed by atoms with Crippen LogP contribution in [0.3, 0.4) is 0 Å². The van der Waals surface area contributed by atoms with Gasteiger partial charge in [-0.2, -0.15) is 0 Å². The second-order valence-corrected chi connectivity index (χ2v) is 4.05. The fourth-order valence-corrected chi connectivity index (χ4v) is 1.55. The third-order valence-electron chi connectivity index (χ3n) is 2.60. The van der Waals surface area contributed by atoms with Crippen molar-refractivity contribution in [2.24, 2.45) is 0 Å². The van der Waals surface area contributed by atoms with Crippen molar-refractivity contribution in [2.45, 2.75) is 6.42 Å². The third-order valence-corrected chi connectivity index (χ3v) is 2.60. The van der Waals surface area contributed by atoms with Crippen molar-refractivity contribution in [3.05, 3.63) is 47.7 Å². The number of benzene rings is 1. The van der Waals surface area contributed by atoms with E-state index in [2.05, 4.69) is 10.2 Å². The highest BCUT2D eigenvalue weighted by Crippen LogP contribution is 2.19. The number of rotatable bonds is 6. The highest BCUT2D eigenvalue weighted by molar-refractivity contribution is 5.84. The summed E-state index contributed by atoms with van der Waals surface area (Å²) in [5, 5.41) is 15.9. The molecule has 0 bridgehead atoms. The number of carboxylic acid groups (broad SMARTS) is 1. The molecule has 20 heavy (non-hydrogen) atoms. The number of carbonyl (C=O) groups is 1. The predicted octanol–water partition coefficient (Wildman–Crippen LogP) is 2.16. The summed E-state index contributed by atoms with van der Waals surface area (Å²) in [7, 11) is 1.66. The normalized spacial score (nSPS) is 10.2. The van der Waals surface area contributed by atoms with Crippen molar-refractivity contribution in [2.75, 3.05) is 13.7 Å². The Labute approximate surface area is 116 Å². The lowest BCUT2D eigenvalue weighted by Gasteiger charge is -2.05. The summed E-state index contributed by atoms with van der Waals surface area (Å²) in [4.78, 5) is 10.6. The molecule has 6 heteroatoms. The molecule has 1 N–H and O–H groups in total. The van der Waals surface area contributed by atoms with Crippen LogP contribution in [0.1, 0.15) is 16.1 Å². The van der Waals surface area contributed by atoms with Gasteiger partial charge in [0.2, 0.25) is 5.88 Å². The average Bonchev–Trinajstić information content (AvgIpc) is 2.47. The van der Waals surface area contributed by atoms with Gasteiger partial charge in [0.15, 0.2) is 5.69 Å². The molecule has 2 rings (SSSR count). The number of methoxy groups -OCH3 is 1. The monoisotopic (exact) mass is 274 g/mol. The Balaban J connectivity index is 2.00. The second kappa shape index (κ2) is 6.63. The molecule has 0 aliphatic heterocycles. The number of hydrogen-bond acceptors (Lipinski definition) is 5. The van der Waals surface area contributed by atoms with Crippen LogP contribution in [0, 0.1) is 0 Å². The van der Waals surface area contributed by atoms with Gasteiger partial charge in [-0.05, 0) is 30.2 Å². The van der Waals surface area contributed by atoms with Crippen molar-refractivity contribution < 1.29 is 19.4 Å². The molecule has 1 aromatic heterocycles. The molecule has 0 saturated heterocycles. The van der Waals surface area contributed by atoms with E-state index in [-0.39, 0.29) is 11.6 Å². The van der Waals surface area contributed by atoms with E-state index in [1.807, 2.05) is 24.3 Å². The zero-order chi connectivity index (χ0) is 14.4. The van der Waals surface area contributed by atoms with Crippen molar-refractivity contribution >= 4 is 5.97 Å². The first-order valence-corrected chi connectivity index (χ1v) is 6.02. The van der Waals surface area contributed by atoms with E-state index in [1.165, 1.54) is 12.1 Å². The highest BCUT2D eigenvalue weighted by atomic mass is 16.5. The molecule has 1 aromatic carbocycles. The summed E-state index contributed by atoms with van der Waals surface area (Å²) in [6, 6.07) is 10.3. The smallest absolute Gasteiger partial charge is 0.356 e. The van der Waals surface area contributed by atoms with Gasteiger partial charge in [0.25, 0.3) is 0 Å². The molecule has 1 heterocycles. The molecule has 0 amide bonds. The summed E-state index contributed by atoms with van der Waals surface area (Å²) in [6.45, 7) is 0.669. The SMILES string of the molecule is COCCc1ccc(Oc2ccc(C(=O)O)nn2)cc1. The molecule has 0 aliphatic carbocycles. The summed E-state index contributed by atoms with van der Waals surface area (Å²) in [5.74, 6) is -0.255. The Morgan fingerprint density at radius 3 is 2.45 bits per heavy atom. The molecule has 0 atom stereocenters. The number of aromatic carboxylic acids is 1. The first kappa shape index (κ1) is 14.0. The second-order valence-electron chi connectivity index (χ2n) is 4.05. The van der Waals surface area contributed by atoms with Gasteiger partial charge in [0, 0.05) is 13.2 Å². The third kappa shape index (κ3) is 3.76. The minimum atomic E-state index is -1.12. The standard InChI is InChI=1S/C14H14N2O4/c1-19-9-8-10-2-4-11(5-3-10)20-13-7-6-12(14(17)18)15-16-13/h2-7H,8-9H2,1H3,(H,17,18). The van der Waals surface area contributed by atoms with Crippen LogP contribution < -0.4 is 4.74 Å². The molecule has 0 unspecified atom stereocenters.